The molecule has 0 fully saturated rings. The molecule has 0 aliphatic heterocycles. The van der Waals surface area contributed by atoms with Gasteiger partial charge in [-0.3, -0.25) is 9.36 Å². The van der Waals surface area contributed by atoms with Gasteiger partial charge in [0, 0.05) is 4.88 Å². The van der Waals surface area contributed by atoms with Gasteiger partial charge < -0.3 is 9.84 Å². The van der Waals surface area contributed by atoms with Crippen LogP contribution in [0.1, 0.15) is 5.56 Å². The first-order valence-corrected chi connectivity index (χ1v) is 9.85. The van der Waals surface area contributed by atoms with E-state index in [4.69, 9.17) is 4.74 Å². The summed E-state index contributed by atoms with van der Waals surface area (Å²) in [6, 6.07) is 19.3. The molecular formula is C22H20N2O3S. The second-order valence-electron chi connectivity index (χ2n) is 6.58. The van der Waals surface area contributed by atoms with E-state index in [-0.39, 0.29) is 18.7 Å². The average molecular weight is 392 g/mol. The first-order valence-electron chi connectivity index (χ1n) is 9.03. The Hall–Kier alpha value is -2.96. The maximum atomic E-state index is 13.0. The highest BCUT2D eigenvalue weighted by atomic mass is 32.1. The van der Waals surface area contributed by atoms with E-state index in [9.17, 15) is 9.90 Å². The molecule has 0 amide bonds. The topological polar surface area (TPSA) is 64.3 Å². The van der Waals surface area contributed by atoms with Crippen LogP contribution in [0.15, 0.2) is 71.8 Å². The quantitative estimate of drug-likeness (QED) is 0.541. The Balaban J connectivity index is 1.58. The lowest BCUT2D eigenvalue weighted by Gasteiger charge is -2.13. The summed E-state index contributed by atoms with van der Waals surface area (Å²) in [5.74, 6) is 0.684. The summed E-state index contributed by atoms with van der Waals surface area (Å²) in [4.78, 5) is 19.2. The summed E-state index contributed by atoms with van der Waals surface area (Å²) in [6.07, 6.45) is 0.686. The largest absolute Gasteiger partial charge is 0.491 e. The molecule has 1 unspecified atom stereocenters. The molecule has 0 aliphatic carbocycles. The average Bonchev–Trinajstić information content (AvgIpc) is 3.07. The van der Waals surface area contributed by atoms with Crippen molar-refractivity contribution in [1.29, 1.82) is 0 Å². The van der Waals surface area contributed by atoms with Crippen LogP contribution >= 0.6 is 11.3 Å². The van der Waals surface area contributed by atoms with Crippen molar-refractivity contribution in [3.8, 4) is 16.2 Å². The van der Waals surface area contributed by atoms with E-state index >= 15 is 0 Å². The monoisotopic (exact) mass is 392 g/mol. The Morgan fingerprint density at radius 3 is 2.50 bits per heavy atom. The Labute approximate surface area is 166 Å². The molecule has 1 atom stereocenters. The number of aryl methyl sites for hydroxylation is 1. The lowest BCUT2D eigenvalue weighted by molar-refractivity contribution is 0.0915. The molecule has 0 aliphatic rings. The van der Waals surface area contributed by atoms with Gasteiger partial charge in [0.1, 0.15) is 23.3 Å². The van der Waals surface area contributed by atoms with E-state index in [0.29, 0.717) is 16.0 Å². The highest BCUT2D eigenvalue weighted by Crippen LogP contribution is 2.35. The molecule has 28 heavy (non-hydrogen) atoms. The number of aliphatic hydroxyl groups is 1. The maximum Gasteiger partial charge on any atom is 0.262 e. The van der Waals surface area contributed by atoms with Crippen LogP contribution in [0.2, 0.25) is 0 Å². The second kappa shape index (κ2) is 7.96. The molecule has 2 aromatic heterocycles. The number of rotatable bonds is 6. The zero-order valence-corrected chi connectivity index (χ0v) is 16.2. The molecule has 0 radical (unpaired) electrons. The van der Waals surface area contributed by atoms with Crippen molar-refractivity contribution in [1.82, 2.24) is 9.55 Å². The minimum absolute atomic E-state index is 0.104. The first-order chi connectivity index (χ1) is 13.6. The van der Waals surface area contributed by atoms with Crippen molar-refractivity contribution in [2.75, 3.05) is 6.61 Å². The second-order valence-corrected chi connectivity index (χ2v) is 7.58. The zero-order valence-electron chi connectivity index (χ0n) is 15.4. The third kappa shape index (κ3) is 3.69. The van der Waals surface area contributed by atoms with Crippen LogP contribution in [0.4, 0.5) is 0 Å². The van der Waals surface area contributed by atoms with Gasteiger partial charge in [-0.15, -0.1) is 11.3 Å². The highest BCUT2D eigenvalue weighted by molar-refractivity contribution is 7.22. The number of benzene rings is 2. The minimum atomic E-state index is -0.815. The number of thiophene rings is 1. The Kier molecular flexibility index (Phi) is 5.23. The molecule has 2 heterocycles. The number of fused-ring (bicyclic) bond motifs is 1. The Bertz CT molecular complexity index is 1140. The maximum absolute atomic E-state index is 13.0. The van der Waals surface area contributed by atoms with E-state index in [1.807, 2.05) is 67.6 Å². The lowest BCUT2D eigenvalue weighted by atomic mass is 10.1. The van der Waals surface area contributed by atoms with Crippen LogP contribution in [0.25, 0.3) is 20.7 Å². The van der Waals surface area contributed by atoms with Crippen LogP contribution in [-0.4, -0.2) is 27.4 Å². The first kappa shape index (κ1) is 18.4. The van der Waals surface area contributed by atoms with Crippen LogP contribution in [0.5, 0.6) is 5.75 Å². The Morgan fingerprint density at radius 1 is 1.11 bits per heavy atom. The third-order valence-corrected chi connectivity index (χ3v) is 5.80. The third-order valence-electron chi connectivity index (χ3n) is 4.55. The van der Waals surface area contributed by atoms with Crippen molar-refractivity contribution >= 4 is 21.6 Å². The predicted octanol–water partition coefficient (Wildman–Crippen LogP) is 3.87. The summed E-state index contributed by atoms with van der Waals surface area (Å²) < 4.78 is 7.02. The molecule has 0 spiro atoms. The summed E-state index contributed by atoms with van der Waals surface area (Å²) in [6.45, 7) is 2.18. The number of aliphatic hydroxyl groups excluding tert-OH is 1. The standard InChI is InChI=1S/C22H20N2O3S/c1-15-19-21(28-20(15)16-8-4-2-5-9-16)23-14-24(22(19)26)12-17(25)13-27-18-10-6-3-7-11-18/h2-11,14,17,25H,12-13H2,1H3. The number of aromatic nitrogens is 2. The molecule has 4 rings (SSSR count). The zero-order chi connectivity index (χ0) is 19.5. The number of hydrogen-bond donors (Lipinski definition) is 1. The lowest BCUT2D eigenvalue weighted by Crippen LogP contribution is -2.30. The van der Waals surface area contributed by atoms with Crippen LogP contribution in [0.3, 0.4) is 0 Å². The van der Waals surface area contributed by atoms with E-state index in [2.05, 4.69) is 4.98 Å². The van der Waals surface area contributed by atoms with Gasteiger partial charge in [0.15, 0.2) is 0 Å². The van der Waals surface area contributed by atoms with Crippen molar-refractivity contribution in [3.05, 3.63) is 82.9 Å². The minimum Gasteiger partial charge on any atom is -0.491 e. The van der Waals surface area contributed by atoms with Gasteiger partial charge in [-0.1, -0.05) is 48.5 Å². The molecule has 0 bridgehead atoms. The molecule has 2 aromatic carbocycles. The van der Waals surface area contributed by atoms with Crippen molar-refractivity contribution in [2.45, 2.75) is 19.6 Å². The van der Waals surface area contributed by atoms with E-state index in [1.54, 1.807) is 0 Å². The van der Waals surface area contributed by atoms with Crippen LogP contribution < -0.4 is 10.3 Å². The summed E-state index contributed by atoms with van der Waals surface area (Å²) in [5, 5.41) is 10.9. The highest BCUT2D eigenvalue weighted by Gasteiger charge is 2.17. The number of nitrogens with zero attached hydrogens (tertiary/aromatic N) is 2. The van der Waals surface area contributed by atoms with Crippen molar-refractivity contribution in [2.24, 2.45) is 0 Å². The summed E-state index contributed by atoms with van der Waals surface area (Å²) in [7, 11) is 0. The molecule has 1 N–H and O–H groups in total. The normalized spacial score (nSPS) is 12.2. The Morgan fingerprint density at radius 2 is 1.79 bits per heavy atom. The van der Waals surface area contributed by atoms with Gasteiger partial charge in [0.2, 0.25) is 0 Å². The van der Waals surface area contributed by atoms with Crippen molar-refractivity contribution in [3.63, 3.8) is 0 Å². The fourth-order valence-corrected chi connectivity index (χ4v) is 4.29. The van der Waals surface area contributed by atoms with Gasteiger partial charge in [-0.25, -0.2) is 4.98 Å². The summed E-state index contributed by atoms with van der Waals surface area (Å²) in [5.41, 5.74) is 1.86. The fraction of sp³-hybridized carbons (Fsp3) is 0.182. The van der Waals surface area contributed by atoms with Crippen molar-refractivity contribution < 1.29 is 9.84 Å². The molecule has 4 aromatic rings. The van der Waals surface area contributed by atoms with Gasteiger partial charge in [-0.05, 0) is 30.2 Å². The molecular weight excluding hydrogens is 372 g/mol. The smallest absolute Gasteiger partial charge is 0.262 e. The van der Waals surface area contributed by atoms with E-state index in [0.717, 1.165) is 16.0 Å². The molecule has 5 nitrogen and oxygen atoms in total. The van der Waals surface area contributed by atoms with Gasteiger partial charge >= 0.3 is 0 Å². The van der Waals surface area contributed by atoms with Crippen LogP contribution in [-0.2, 0) is 6.54 Å². The fourth-order valence-electron chi connectivity index (χ4n) is 3.14. The SMILES string of the molecule is Cc1c(-c2ccccc2)sc2ncn(CC(O)COc3ccccc3)c(=O)c12. The molecule has 6 heteroatoms. The van der Waals surface area contributed by atoms with Gasteiger partial charge in [-0.2, -0.15) is 0 Å². The number of ether oxygens (including phenoxy) is 1. The number of para-hydroxylation sites is 1. The molecule has 142 valence electrons. The number of hydrogen-bond acceptors (Lipinski definition) is 5. The van der Waals surface area contributed by atoms with Crippen LogP contribution in [0, 0.1) is 6.92 Å². The molecule has 0 saturated heterocycles. The molecule has 0 saturated carbocycles. The van der Waals surface area contributed by atoms with E-state index in [1.165, 1.54) is 22.2 Å². The van der Waals surface area contributed by atoms with Gasteiger partial charge in [0.25, 0.3) is 5.56 Å². The predicted molar refractivity (Wildman–Crippen MR) is 112 cm³/mol. The summed E-state index contributed by atoms with van der Waals surface area (Å²) >= 11 is 1.51. The van der Waals surface area contributed by atoms with E-state index < -0.39 is 6.10 Å². The van der Waals surface area contributed by atoms with Gasteiger partial charge in [0.05, 0.1) is 18.3 Å².